The van der Waals surface area contributed by atoms with E-state index in [0.29, 0.717) is 12.1 Å². The molecule has 1 amide bonds. The molecule has 0 aromatic heterocycles. The van der Waals surface area contributed by atoms with Gasteiger partial charge >= 0.3 is 0 Å². The van der Waals surface area contributed by atoms with Crippen molar-refractivity contribution in [2.75, 3.05) is 25.0 Å². The molecule has 4 nitrogen and oxygen atoms in total. The van der Waals surface area contributed by atoms with Crippen LogP contribution in [0, 0.1) is 5.82 Å². The highest BCUT2D eigenvalue weighted by molar-refractivity contribution is 5.99. The minimum Gasteiger partial charge on any atom is -0.382 e. The summed E-state index contributed by atoms with van der Waals surface area (Å²) in [7, 11) is 0. The molecule has 0 radical (unpaired) electrons. The summed E-state index contributed by atoms with van der Waals surface area (Å²) in [6.07, 6.45) is 3.38. The molecule has 1 heterocycles. The lowest BCUT2D eigenvalue weighted by Gasteiger charge is -2.27. The van der Waals surface area contributed by atoms with Gasteiger partial charge in [0.25, 0.3) is 5.91 Å². The third-order valence-corrected chi connectivity index (χ3v) is 3.23. The second-order valence-corrected chi connectivity index (χ2v) is 4.68. The van der Waals surface area contributed by atoms with Crippen LogP contribution in [-0.2, 0) is 0 Å². The van der Waals surface area contributed by atoms with E-state index in [1.807, 2.05) is 11.9 Å². The number of benzene rings is 1. The number of nitrogens with zero attached hydrogens (tertiary/aromatic N) is 1. The fourth-order valence-electron chi connectivity index (χ4n) is 2.28. The lowest BCUT2D eigenvalue weighted by molar-refractivity contribution is 0.0750. The summed E-state index contributed by atoms with van der Waals surface area (Å²) in [5.41, 5.74) is 3.48. The first-order valence-electron chi connectivity index (χ1n) is 6.80. The molecular weight excluding hydrogens is 245 g/mol. The second kappa shape index (κ2) is 6.52. The Kier molecular flexibility index (Phi) is 4.74. The van der Waals surface area contributed by atoms with Crippen LogP contribution in [0.1, 0.15) is 36.5 Å². The molecule has 1 aromatic carbocycles. The van der Waals surface area contributed by atoms with E-state index in [4.69, 9.17) is 0 Å². The highest BCUT2D eigenvalue weighted by atomic mass is 19.1. The van der Waals surface area contributed by atoms with Crippen molar-refractivity contribution in [3.8, 4) is 0 Å². The molecule has 0 saturated carbocycles. The zero-order valence-electron chi connectivity index (χ0n) is 11.2. The van der Waals surface area contributed by atoms with Crippen molar-refractivity contribution in [3.63, 3.8) is 0 Å². The fraction of sp³-hybridized carbons (Fsp3) is 0.500. The Hall–Kier alpha value is -1.62. The zero-order valence-corrected chi connectivity index (χ0v) is 11.2. The van der Waals surface area contributed by atoms with Gasteiger partial charge in [-0.05, 0) is 31.9 Å². The number of carbonyl (C=O) groups excluding carboxylic acids is 1. The molecule has 104 valence electrons. The minimum absolute atomic E-state index is 0.252. The molecule has 1 fully saturated rings. The van der Waals surface area contributed by atoms with Crippen LogP contribution in [-0.4, -0.2) is 30.6 Å². The summed E-state index contributed by atoms with van der Waals surface area (Å²) in [5, 5.41) is 4.82. The van der Waals surface area contributed by atoms with Crippen molar-refractivity contribution in [2.45, 2.75) is 26.2 Å². The summed E-state index contributed by atoms with van der Waals surface area (Å²) < 4.78 is 13.7. The average Bonchev–Trinajstić information content (AvgIpc) is 2.42. The number of halogens is 1. The number of para-hydroxylation sites is 1. The molecule has 1 aliphatic heterocycles. The number of anilines is 1. The number of amides is 1. The topological polar surface area (TPSA) is 44.4 Å². The van der Waals surface area contributed by atoms with Gasteiger partial charge in [-0.2, -0.15) is 0 Å². The van der Waals surface area contributed by atoms with Crippen LogP contribution in [0.4, 0.5) is 10.1 Å². The summed E-state index contributed by atoms with van der Waals surface area (Å²) in [6, 6.07) is 4.55. The van der Waals surface area contributed by atoms with Crippen molar-refractivity contribution in [1.29, 1.82) is 0 Å². The molecule has 1 aromatic rings. The second-order valence-electron chi connectivity index (χ2n) is 4.68. The number of nitrogens with one attached hydrogen (secondary N) is 2. The maximum absolute atomic E-state index is 13.7. The third kappa shape index (κ3) is 3.44. The van der Waals surface area contributed by atoms with Crippen molar-refractivity contribution < 1.29 is 9.18 Å². The van der Waals surface area contributed by atoms with Gasteiger partial charge in [0, 0.05) is 19.6 Å². The zero-order chi connectivity index (χ0) is 13.7. The first kappa shape index (κ1) is 13.8. The molecular formula is C14H20FN3O. The van der Waals surface area contributed by atoms with Crippen LogP contribution in [0.25, 0.3) is 0 Å². The number of rotatable bonds is 4. The lowest BCUT2D eigenvalue weighted by atomic mass is 10.1. The monoisotopic (exact) mass is 265 g/mol. The highest BCUT2D eigenvalue weighted by Crippen LogP contribution is 2.20. The smallest absolute Gasteiger partial charge is 0.267 e. The van der Waals surface area contributed by atoms with Gasteiger partial charge in [-0.1, -0.05) is 12.5 Å². The van der Waals surface area contributed by atoms with Gasteiger partial charge in [0.05, 0.1) is 11.3 Å². The van der Waals surface area contributed by atoms with E-state index in [9.17, 15) is 9.18 Å². The largest absolute Gasteiger partial charge is 0.382 e. The predicted molar refractivity (Wildman–Crippen MR) is 73.5 cm³/mol. The Labute approximate surface area is 113 Å². The van der Waals surface area contributed by atoms with Crippen LogP contribution in [0.15, 0.2) is 18.2 Å². The fourth-order valence-corrected chi connectivity index (χ4v) is 2.28. The van der Waals surface area contributed by atoms with Crippen molar-refractivity contribution in [1.82, 2.24) is 10.4 Å². The normalized spacial score (nSPS) is 16.1. The van der Waals surface area contributed by atoms with E-state index in [1.165, 1.54) is 12.5 Å². The molecule has 5 heteroatoms. The van der Waals surface area contributed by atoms with Crippen LogP contribution < -0.4 is 10.7 Å². The summed E-state index contributed by atoms with van der Waals surface area (Å²) >= 11 is 0. The van der Waals surface area contributed by atoms with Gasteiger partial charge in [0.2, 0.25) is 0 Å². The van der Waals surface area contributed by atoms with E-state index in [2.05, 4.69) is 10.7 Å². The summed E-state index contributed by atoms with van der Waals surface area (Å²) in [5.74, 6) is -0.648. The van der Waals surface area contributed by atoms with Gasteiger partial charge < -0.3 is 5.32 Å². The van der Waals surface area contributed by atoms with Gasteiger partial charge in [0.15, 0.2) is 0 Å². The minimum atomic E-state index is -0.395. The van der Waals surface area contributed by atoms with E-state index in [0.717, 1.165) is 25.9 Å². The Morgan fingerprint density at radius 2 is 2.05 bits per heavy atom. The number of carbonyl (C=O) groups is 1. The Balaban J connectivity index is 2.11. The van der Waals surface area contributed by atoms with Crippen LogP contribution >= 0.6 is 0 Å². The Bertz CT molecular complexity index is 444. The number of hydrogen-bond donors (Lipinski definition) is 2. The van der Waals surface area contributed by atoms with E-state index < -0.39 is 5.82 Å². The molecule has 0 atom stereocenters. The number of piperidine rings is 1. The SMILES string of the molecule is CCNc1c(F)cccc1C(=O)NN1CCCCC1. The highest BCUT2D eigenvalue weighted by Gasteiger charge is 2.18. The molecule has 0 unspecified atom stereocenters. The van der Waals surface area contributed by atoms with Gasteiger partial charge in [-0.3, -0.25) is 10.2 Å². The Morgan fingerprint density at radius 3 is 2.74 bits per heavy atom. The lowest BCUT2D eigenvalue weighted by Crippen LogP contribution is -2.45. The van der Waals surface area contributed by atoms with E-state index >= 15 is 0 Å². The first-order valence-corrected chi connectivity index (χ1v) is 6.80. The van der Waals surface area contributed by atoms with E-state index in [-0.39, 0.29) is 11.6 Å². The Morgan fingerprint density at radius 1 is 1.32 bits per heavy atom. The molecule has 1 saturated heterocycles. The summed E-state index contributed by atoms with van der Waals surface area (Å²) in [6.45, 7) is 4.17. The number of hydrogen-bond acceptors (Lipinski definition) is 3. The van der Waals surface area contributed by atoms with Crippen LogP contribution in [0.2, 0.25) is 0 Å². The quantitative estimate of drug-likeness (QED) is 0.878. The summed E-state index contributed by atoms with van der Waals surface area (Å²) in [4.78, 5) is 12.2. The molecule has 0 spiro atoms. The molecule has 2 N–H and O–H groups in total. The first-order chi connectivity index (χ1) is 9.22. The van der Waals surface area contributed by atoms with Crippen LogP contribution in [0.3, 0.4) is 0 Å². The van der Waals surface area contributed by atoms with Gasteiger partial charge in [-0.25, -0.2) is 9.40 Å². The van der Waals surface area contributed by atoms with Crippen molar-refractivity contribution >= 4 is 11.6 Å². The van der Waals surface area contributed by atoms with Gasteiger partial charge in [-0.15, -0.1) is 0 Å². The predicted octanol–water partition coefficient (Wildman–Crippen LogP) is 2.39. The molecule has 1 aliphatic rings. The van der Waals surface area contributed by atoms with Gasteiger partial charge in [0.1, 0.15) is 5.82 Å². The van der Waals surface area contributed by atoms with E-state index in [1.54, 1.807) is 12.1 Å². The van der Waals surface area contributed by atoms with Crippen LogP contribution in [0.5, 0.6) is 0 Å². The standard InChI is InChI=1S/C14H20FN3O/c1-2-16-13-11(7-6-8-12(13)15)14(19)17-18-9-4-3-5-10-18/h6-8,16H,2-5,9-10H2,1H3,(H,17,19). The van der Waals surface area contributed by atoms with Crippen molar-refractivity contribution in [3.05, 3.63) is 29.6 Å². The maximum atomic E-state index is 13.7. The number of hydrazine groups is 1. The average molecular weight is 265 g/mol. The van der Waals surface area contributed by atoms with Crippen molar-refractivity contribution in [2.24, 2.45) is 0 Å². The molecule has 0 bridgehead atoms. The molecule has 19 heavy (non-hydrogen) atoms. The third-order valence-electron chi connectivity index (χ3n) is 3.23. The maximum Gasteiger partial charge on any atom is 0.267 e. The molecule has 0 aliphatic carbocycles. The molecule has 2 rings (SSSR count).